The Morgan fingerprint density at radius 1 is 1.69 bits per heavy atom. The molecule has 1 aromatic carbocycles. The molecule has 1 atom stereocenters. The summed E-state index contributed by atoms with van der Waals surface area (Å²) in [7, 11) is 1.41. The predicted octanol–water partition coefficient (Wildman–Crippen LogP) is 1.34. The molecule has 0 aliphatic heterocycles. The molecule has 0 radical (unpaired) electrons. The highest BCUT2D eigenvalue weighted by Crippen LogP contribution is 2.19. The van der Waals surface area contributed by atoms with E-state index in [1.165, 1.54) is 25.3 Å². The van der Waals surface area contributed by atoms with Crippen molar-refractivity contribution in [2.45, 2.75) is 6.10 Å². The van der Waals surface area contributed by atoms with E-state index in [1.54, 1.807) is 0 Å². The zero-order valence-electron chi connectivity index (χ0n) is 8.67. The van der Waals surface area contributed by atoms with Gasteiger partial charge in [-0.3, -0.25) is 4.79 Å². The number of nitrogens with one attached hydrogen (secondary N) is 1. The van der Waals surface area contributed by atoms with Crippen LogP contribution in [0.1, 0.15) is 0 Å². The van der Waals surface area contributed by atoms with Gasteiger partial charge in [-0.15, -0.1) is 0 Å². The van der Waals surface area contributed by atoms with Gasteiger partial charge in [0.2, 0.25) is 0 Å². The van der Waals surface area contributed by atoms with Crippen LogP contribution in [0.2, 0.25) is 0 Å². The largest absolute Gasteiger partial charge is 0.370 e. The van der Waals surface area contributed by atoms with Crippen LogP contribution < -0.4 is 11.1 Å². The molecule has 1 amide bonds. The standard InChI is InChI=1S/C10H12FIN2O2/c1-16-9(5-13)10(15)14-8-3-2-6(11)4-7(8)12/h2-4,9H,5,13H2,1H3,(H,14,15). The quantitative estimate of drug-likeness (QED) is 0.815. The molecule has 16 heavy (non-hydrogen) atoms. The van der Waals surface area contributed by atoms with Gasteiger partial charge in [-0.05, 0) is 40.8 Å². The Balaban J connectivity index is 2.76. The molecule has 6 heteroatoms. The van der Waals surface area contributed by atoms with Crippen LogP contribution in [0.25, 0.3) is 0 Å². The molecule has 0 fully saturated rings. The lowest BCUT2D eigenvalue weighted by Gasteiger charge is -2.13. The first kappa shape index (κ1) is 13.3. The summed E-state index contributed by atoms with van der Waals surface area (Å²) in [4.78, 5) is 11.6. The van der Waals surface area contributed by atoms with Crippen molar-refractivity contribution in [2.75, 3.05) is 19.0 Å². The number of anilines is 1. The summed E-state index contributed by atoms with van der Waals surface area (Å²) in [5.41, 5.74) is 5.90. The summed E-state index contributed by atoms with van der Waals surface area (Å²) in [6.45, 7) is 0.0973. The summed E-state index contributed by atoms with van der Waals surface area (Å²) in [6, 6.07) is 4.11. The molecule has 0 bridgehead atoms. The van der Waals surface area contributed by atoms with Crippen LogP contribution >= 0.6 is 22.6 Å². The van der Waals surface area contributed by atoms with Gasteiger partial charge < -0.3 is 15.8 Å². The van der Waals surface area contributed by atoms with Gasteiger partial charge in [0.05, 0.1) is 5.69 Å². The lowest BCUT2D eigenvalue weighted by molar-refractivity contribution is -0.125. The van der Waals surface area contributed by atoms with E-state index < -0.39 is 6.10 Å². The topological polar surface area (TPSA) is 64.3 Å². The first-order valence-corrected chi connectivity index (χ1v) is 5.65. The van der Waals surface area contributed by atoms with Gasteiger partial charge in [0.15, 0.2) is 0 Å². The Morgan fingerprint density at radius 3 is 2.88 bits per heavy atom. The minimum absolute atomic E-state index is 0.0973. The summed E-state index contributed by atoms with van der Waals surface area (Å²) < 4.78 is 18.3. The summed E-state index contributed by atoms with van der Waals surface area (Å²) in [5, 5.41) is 2.62. The Hall–Kier alpha value is -0.730. The van der Waals surface area contributed by atoms with Crippen molar-refractivity contribution in [3.63, 3.8) is 0 Å². The Bertz CT molecular complexity index is 383. The Morgan fingerprint density at radius 2 is 2.38 bits per heavy atom. The molecule has 1 aromatic rings. The highest BCUT2D eigenvalue weighted by molar-refractivity contribution is 14.1. The van der Waals surface area contributed by atoms with E-state index in [1.807, 2.05) is 22.6 Å². The second-order valence-corrected chi connectivity index (χ2v) is 4.24. The molecule has 1 rings (SSSR count). The maximum absolute atomic E-state index is 12.8. The van der Waals surface area contributed by atoms with Crippen LogP contribution in [0.15, 0.2) is 18.2 Å². The number of ether oxygens (including phenoxy) is 1. The molecule has 0 heterocycles. The van der Waals surface area contributed by atoms with Gasteiger partial charge in [-0.2, -0.15) is 0 Å². The van der Waals surface area contributed by atoms with Crippen LogP contribution in [0.3, 0.4) is 0 Å². The van der Waals surface area contributed by atoms with Crippen molar-refractivity contribution < 1.29 is 13.9 Å². The van der Waals surface area contributed by atoms with Crippen LogP contribution in [-0.2, 0) is 9.53 Å². The van der Waals surface area contributed by atoms with Gasteiger partial charge in [0.25, 0.3) is 5.91 Å². The monoisotopic (exact) mass is 338 g/mol. The molecule has 1 unspecified atom stereocenters. The molecule has 0 aromatic heterocycles. The smallest absolute Gasteiger partial charge is 0.254 e. The van der Waals surface area contributed by atoms with Crippen molar-refractivity contribution in [3.8, 4) is 0 Å². The highest BCUT2D eigenvalue weighted by Gasteiger charge is 2.16. The average Bonchev–Trinajstić information content (AvgIpc) is 2.24. The first-order valence-electron chi connectivity index (χ1n) is 4.57. The Kier molecular flexibility index (Phi) is 5.10. The van der Waals surface area contributed by atoms with Crippen molar-refractivity contribution in [3.05, 3.63) is 27.6 Å². The SMILES string of the molecule is COC(CN)C(=O)Nc1ccc(F)cc1I. The van der Waals surface area contributed by atoms with Crippen molar-refractivity contribution in [1.82, 2.24) is 0 Å². The molecule has 0 aliphatic rings. The second-order valence-electron chi connectivity index (χ2n) is 3.07. The summed E-state index contributed by atoms with van der Waals surface area (Å²) >= 11 is 1.94. The van der Waals surface area contributed by atoms with Gasteiger partial charge in [-0.25, -0.2) is 4.39 Å². The molecule has 4 nitrogen and oxygen atoms in total. The van der Waals surface area contributed by atoms with E-state index in [4.69, 9.17) is 10.5 Å². The first-order chi connectivity index (χ1) is 7.58. The van der Waals surface area contributed by atoms with Crippen molar-refractivity contribution in [2.24, 2.45) is 5.73 Å². The van der Waals surface area contributed by atoms with Gasteiger partial charge in [-0.1, -0.05) is 0 Å². The molecule has 0 spiro atoms. The number of nitrogens with two attached hydrogens (primary N) is 1. The number of hydrogen-bond acceptors (Lipinski definition) is 3. The number of halogens is 2. The van der Waals surface area contributed by atoms with Crippen LogP contribution in [0.4, 0.5) is 10.1 Å². The number of rotatable bonds is 4. The van der Waals surface area contributed by atoms with Gasteiger partial charge in [0.1, 0.15) is 11.9 Å². The molecular formula is C10H12FIN2O2. The molecule has 88 valence electrons. The fraction of sp³-hybridized carbons (Fsp3) is 0.300. The van der Waals surface area contributed by atoms with E-state index in [0.29, 0.717) is 9.26 Å². The van der Waals surface area contributed by atoms with Gasteiger partial charge in [0, 0.05) is 17.2 Å². The molecule has 0 saturated carbocycles. The molecule has 0 aliphatic carbocycles. The molecule has 3 N–H and O–H groups in total. The minimum Gasteiger partial charge on any atom is -0.370 e. The van der Waals surface area contributed by atoms with Crippen LogP contribution in [0, 0.1) is 9.39 Å². The number of hydrogen-bond donors (Lipinski definition) is 2. The van der Waals surface area contributed by atoms with Crippen LogP contribution in [-0.4, -0.2) is 25.7 Å². The number of carbonyl (C=O) groups is 1. The normalized spacial score (nSPS) is 12.2. The van der Waals surface area contributed by atoms with E-state index in [2.05, 4.69) is 5.32 Å². The van der Waals surface area contributed by atoms with Crippen LogP contribution in [0.5, 0.6) is 0 Å². The summed E-state index contributed by atoms with van der Waals surface area (Å²) in [5.74, 6) is -0.681. The third kappa shape index (κ3) is 3.39. The lowest BCUT2D eigenvalue weighted by atomic mass is 10.2. The fourth-order valence-corrected chi connectivity index (χ4v) is 1.73. The maximum Gasteiger partial charge on any atom is 0.254 e. The molecule has 0 saturated heterocycles. The lowest BCUT2D eigenvalue weighted by Crippen LogP contribution is -2.36. The number of methoxy groups -OCH3 is 1. The number of benzene rings is 1. The average molecular weight is 338 g/mol. The number of amides is 1. The van der Waals surface area contributed by atoms with E-state index >= 15 is 0 Å². The minimum atomic E-state index is -0.694. The van der Waals surface area contributed by atoms with Gasteiger partial charge >= 0.3 is 0 Å². The van der Waals surface area contributed by atoms with E-state index in [9.17, 15) is 9.18 Å². The summed E-state index contributed by atoms with van der Waals surface area (Å²) in [6.07, 6.45) is -0.694. The van der Waals surface area contributed by atoms with E-state index in [0.717, 1.165) is 0 Å². The van der Waals surface area contributed by atoms with Crippen molar-refractivity contribution in [1.29, 1.82) is 0 Å². The predicted molar refractivity (Wildman–Crippen MR) is 67.6 cm³/mol. The third-order valence-electron chi connectivity index (χ3n) is 1.98. The molecular weight excluding hydrogens is 326 g/mol. The van der Waals surface area contributed by atoms with E-state index in [-0.39, 0.29) is 18.3 Å². The Labute approximate surface area is 106 Å². The highest BCUT2D eigenvalue weighted by atomic mass is 127. The zero-order valence-corrected chi connectivity index (χ0v) is 10.8. The van der Waals surface area contributed by atoms with Crippen molar-refractivity contribution >= 4 is 34.2 Å². The fourth-order valence-electron chi connectivity index (χ4n) is 1.11. The number of carbonyl (C=O) groups excluding carboxylic acids is 1. The third-order valence-corrected chi connectivity index (χ3v) is 2.87. The maximum atomic E-state index is 12.8. The second kappa shape index (κ2) is 6.12. The zero-order chi connectivity index (χ0) is 12.1.